The Balaban J connectivity index is 3.95. The molecule has 0 saturated heterocycles. The van der Waals surface area contributed by atoms with Gasteiger partial charge < -0.3 is 10.6 Å². The summed E-state index contributed by atoms with van der Waals surface area (Å²) in [5, 5.41) is 0. The van der Waals surface area contributed by atoms with Crippen LogP contribution in [0.4, 0.5) is 0 Å². The molecule has 18 heavy (non-hydrogen) atoms. The first-order chi connectivity index (χ1) is 8.26. The molecule has 0 aromatic heterocycles. The molecule has 0 aliphatic rings. The van der Waals surface area contributed by atoms with Crippen LogP contribution in [-0.4, -0.2) is 30.1 Å². The SMILES string of the molecule is CCCCCN(CCC(N)CC(C)(C)C)C(C)C. The van der Waals surface area contributed by atoms with Gasteiger partial charge in [0.05, 0.1) is 0 Å². The maximum atomic E-state index is 6.24. The topological polar surface area (TPSA) is 29.3 Å². The summed E-state index contributed by atoms with van der Waals surface area (Å²) in [6, 6.07) is 0.987. The second-order valence-electron chi connectivity index (χ2n) is 7.15. The van der Waals surface area contributed by atoms with Crippen molar-refractivity contribution in [3.8, 4) is 0 Å². The molecule has 0 fully saturated rings. The van der Waals surface area contributed by atoms with Crippen molar-refractivity contribution in [2.75, 3.05) is 13.1 Å². The third-order valence-electron chi connectivity index (χ3n) is 3.44. The fourth-order valence-electron chi connectivity index (χ4n) is 2.41. The van der Waals surface area contributed by atoms with Gasteiger partial charge in [0.2, 0.25) is 0 Å². The third kappa shape index (κ3) is 9.90. The van der Waals surface area contributed by atoms with Crippen LogP contribution in [0.2, 0.25) is 0 Å². The zero-order valence-electron chi connectivity index (χ0n) is 13.6. The van der Waals surface area contributed by atoms with Gasteiger partial charge in [-0.2, -0.15) is 0 Å². The molecule has 0 spiro atoms. The van der Waals surface area contributed by atoms with Gasteiger partial charge in [-0.05, 0) is 51.6 Å². The van der Waals surface area contributed by atoms with E-state index in [0.29, 0.717) is 17.5 Å². The van der Waals surface area contributed by atoms with Crippen molar-refractivity contribution in [2.45, 2.75) is 85.7 Å². The fourth-order valence-corrected chi connectivity index (χ4v) is 2.41. The molecule has 0 heterocycles. The van der Waals surface area contributed by atoms with Crippen molar-refractivity contribution in [1.82, 2.24) is 4.90 Å². The van der Waals surface area contributed by atoms with E-state index < -0.39 is 0 Å². The predicted octanol–water partition coefficient (Wildman–Crippen LogP) is 4.04. The normalized spacial score (nSPS) is 14.5. The largest absolute Gasteiger partial charge is 0.328 e. The van der Waals surface area contributed by atoms with E-state index in [1.54, 1.807) is 0 Å². The van der Waals surface area contributed by atoms with Crippen LogP contribution in [0.25, 0.3) is 0 Å². The van der Waals surface area contributed by atoms with Crippen molar-refractivity contribution < 1.29 is 0 Å². The van der Waals surface area contributed by atoms with Crippen LogP contribution in [0.1, 0.15) is 73.6 Å². The van der Waals surface area contributed by atoms with E-state index in [4.69, 9.17) is 5.73 Å². The molecule has 0 rings (SSSR count). The molecule has 1 unspecified atom stereocenters. The van der Waals surface area contributed by atoms with Crippen LogP contribution in [0.3, 0.4) is 0 Å². The molecule has 1 atom stereocenters. The molecule has 0 bridgehead atoms. The van der Waals surface area contributed by atoms with E-state index >= 15 is 0 Å². The van der Waals surface area contributed by atoms with E-state index in [1.807, 2.05) is 0 Å². The van der Waals surface area contributed by atoms with Crippen molar-refractivity contribution in [3.05, 3.63) is 0 Å². The number of nitrogens with zero attached hydrogens (tertiary/aromatic N) is 1. The maximum absolute atomic E-state index is 6.24. The molecular formula is C16H36N2. The van der Waals surface area contributed by atoms with Crippen LogP contribution in [0.5, 0.6) is 0 Å². The zero-order chi connectivity index (χ0) is 14.2. The Kier molecular flexibility index (Phi) is 8.89. The van der Waals surface area contributed by atoms with E-state index in [-0.39, 0.29) is 0 Å². The molecule has 0 saturated carbocycles. The summed E-state index contributed by atoms with van der Waals surface area (Å²) >= 11 is 0. The summed E-state index contributed by atoms with van der Waals surface area (Å²) in [5.74, 6) is 0. The lowest BCUT2D eigenvalue weighted by Crippen LogP contribution is -2.37. The van der Waals surface area contributed by atoms with Gasteiger partial charge in [0.15, 0.2) is 0 Å². The molecule has 2 nitrogen and oxygen atoms in total. The number of hydrogen-bond donors (Lipinski definition) is 1. The number of hydrogen-bond acceptors (Lipinski definition) is 2. The monoisotopic (exact) mass is 256 g/mol. The highest BCUT2D eigenvalue weighted by Crippen LogP contribution is 2.21. The fraction of sp³-hybridized carbons (Fsp3) is 1.00. The summed E-state index contributed by atoms with van der Waals surface area (Å²) in [7, 11) is 0. The molecule has 0 aromatic carbocycles. The summed E-state index contributed by atoms with van der Waals surface area (Å²) in [6.45, 7) is 16.0. The Morgan fingerprint density at radius 2 is 1.67 bits per heavy atom. The van der Waals surface area contributed by atoms with Crippen LogP contribution in [0, 0.1) is 5.41 Å². The minimum Gasteiger partial charge on any atom is -0.328 e. The lowest BCUT2D eigenvalue weighted by atomic mass is 9.87. The van der Waals surface area contributed by atoms with Crippen LogP contribution < -0.4 is 5.73 Å². The van der Waals surface area contributed by atoms with Crippen LogP contribution >= 0.6 is 0 Å². The smallest absolute Gasteiger partial charge is 0.00559 e. The van der Waals surface area contributed by atoms with E-state index in [0.717, 1.165) is 19.4 Å². The Labute approximate surface area is 115 Å². The van der Waals surface area contributed by atoms with Gasteiger partial charge in [-0.3, -0.25) is 0 Å². The van der Waals surface area contributed by atoms with Crippen LogP contribution in [0.15, 0.2) is 0 Å². The first kappa shape index (κ1) is 17.9. The van der Waals surface area contributed by atoms with E-state index in [1.165, 1.54) is 25.8 Å². The number of unbranched alkanes of at least 4 members (excludes halogenated alkanes) is 2. The molecule has 110 valence electrons. The quantitative estimate of drug-likeness (QED) is 0.631. The summed E-state index contributed by atoms with van der Waals surface area (Å²) < 4.78 is 0. The van der Waals surface area contributed by atoms with Gasteiger partial charge in [-0.25, -0.2) is 0 Å². The Morgan fingerprint density at radius 1 is 1.06 bits per heavy atom. The highest BCUT2D eigenvalue weighted by Gasteiger charge is 2.17. The van der Waals surface area contributed by atoms with Crippen LogP contribution in [-0.2, 0) is 0 Å². The minimum absolute atomic E-state index is 0.345. The van der Waals surface area contributed by atoms with Gasteiger partial charge in [-0.15, -0.1) is 0 Å². The van der Waals surface area contributed by atoms with E-state index in [2.05, 4.69) is 46.4 Å². The first-order valence-electron chi connectivity index (χ1n) is 7.76. The number of rotatable bonds is 9. The lowest BCUT2D eigenvalue weighted by molar-refractivity contribution is 0.201. The van der Waals surface area contributed by atoms with Gasteiger partial charge in [0, 0.05) is 12.1 Å². The average Bonchev–Trinajstić information content (AvgIpc) is 2.20. The van der Waals surface area contributed by atoms with Crippen molar-refractivity contribution >= 4 is 0 Å². The third-order valence-corrected chi connectivity index (χ3v) is 3.44. The Morgan fingerprint density at radius 3 is 2.11 bits per heavy atom. The van der Waals surface area contributed by atoms with Crippen molar-refractivity contribution in [3.63, 3.8) is 0 Å². The number of nitrogens with two attached hydrogens (primary N) is 1. The lowest BCUT2D eigenvalue weighted by Gasteiger charge is -2.29. The van der Waals surface area contributed by atoms with Crippen molar-refractivity contribution in [2.24, 2.45) is 11.1 Å². The molecule has 0 aliphatic carbocycles. The second-order valence-corrected chi connectivity index (χ2v) is 7.15. The first-order valence-corrected chi connectivity index (χ1v) is 7.76. The summed E-state index contributed by atoms with van der Waals surface area (Å²) in [4.78, 5) is 2.58. The highest BCUT2D eigenvalue weighted by atomic mass is 15.1. The van der Waals surface area contributed by atoms with E-state index in [9.17, 15) is 0 Å². The maximum Gasteiger partial charge on any atom is 0.00559 e. The average molecular weight is 256 g/mol. The standard InChI is InChI=1S/C16H36N2/c1-7-8-9-11-18(14(2)3)12-10-15(17)13-16(4,5)6/h14-15H,7-13,17H2,1-6H3. The summed E-state index contributed by atoms with van der Waals surface area (Å²) in [5.41, 5.74) is 6.59. The molecular weight excluding hydrogens is 220 g/mol. The van der Waals surface area contributed by atoms with Gasteiger partial charge >= 0.3 is 0 Å². The second kappa shape index (κ2) is 8.92. The van der Waals surface area contributed by atoms with Gasteiger partial charge in [-0.1, -0.05) is 40.5 Å². The molecule has 2 heteroatoms. The molecule has 2 N–H and O–H groups in total. The highest BCUT2D eigenvalue weighted by molar-refractivity contribution is 4.74. The molecule has 0 radical (unpaired) electrons. The molecule has 0 aliphatic heterocycles. The van der Waals surface area contributed by atoms with Gasteiger partial charge in [0.25, 0.3) is 0 Å². The van der Waals surface area contributed by atoms with Gasteiger partial charge in [0.1, 0.15) is 0 Å². The molecule has 0 amide bonds. The Hall–Kier alpha value is -0.0800. The summed E-state index contributed by atoms with van der Waals surface area (Å²) in [6.07, 6.45) is 6.21. The minimum atomic E-state index is 0.345. The zero-order valence-corrected chi connectivity index (χ0v) is 13.6. The predicted molar refractivity (Wildman–Crippen MR) is 82.9 cm³/mol. The molecule has 0 aromatic rings. The van der Waals surface area contributed by atoms with Crippen molar-refractivity contribution in [1.29, 1.82) is 0 Å². The Bertz CT molecular complexity index is 194.